The van der Waals surface area contributed by atoms with Gasteiger partial charge in [0.1, 0.15) is 5.75 Å². The summed E-state index contributed by atoms with van der Waals surface area (Å²) in [6, 6.07) is 12.2. The van der Waals surface area contributed by atoms with E-state index in [0.29, 0.717) is 29.4 Å². The van der Waals surface area contributed by atoms with Crippen LogP contribution in [0.5, 0.6) is 5.75 Å². The van der Waals surface area contributed by atoms with Gasteiger partial charge in [0, 0.05) is 23.7 Å². The summed E-state index contributed by atoms with van der Waals surface area (Å²) in [4.78, 5) is 11.8. The lowest BCUT2D eigenvalue weighted by Crippen LogP contribution is -2.35. The van der Waals surface area contributed by atoms with Gasteiger partial charge in [-0.05, 0) is 49.2 Å². The van der Waals surface area contributed by atoms with Crippen LogP contribution >= 0.6 is 11.6 Å². The Morgan fingerprint density at radius 1 is 1.00 bits per heavy atom. The van der Waals surface area contributed by atoms with Gasteiger partial charge in [-0.15, -0.1) is 0 Å². The lowest BCUT2D eigenvalue weighted by Gasteiger charge is -2.26. The number of hydrogen-bond acceptors (Lipinski definition) is 4. The summed E-state index contributed by atoms with van der Waals surface area (Å²) in [7, 11) is -3.56. The van der Waals surface area contributed by atoms with Crippen molar-refractivity contribution in [3.8, 4) is 5.75 Å². The van der Waals surface area contributed by atoms with E-state index in [1.165, 1.54) is 28.6 Å². The van der Waals surface area contributed by atoms with E-state index < -0.39 is 22.1 Å². The largest absolute Gasteiger partial charge is 0.478 e. The standard InChI is InChI=1S/C19H20ClNO5S/c20-15-6-8-16(9-7-15)26-18(19(22)23)14-4-10-17(11-5-14)27(24,25)21-12-2-1-3-13-21/h4-11,18H,1-3,12-13H2,(H,22,23). The van der Waals surface area contributed by atoms with Gasteiger partial charge >= 0.3 is 5.97 Å². The summed E-state index contributed by atoms with van der Waals surface area (Å²) in [5.41, 5.74) is 0.357. The highest BCUT2D eigenvalue weighted by atomic mass is 35.5. The van der Waals surface area contributed by atoms with E-state index in [9.17, 15) is 18.3 Å². The fraction of sp³-hybridized carbons (Fsp3) is 0.316. The van der Waals surface area contributed by atoms with E-state index in [1.807, 2.05) is 0 Å². The first kappa shape index (κ1) is 19.7. The molecule has 0 bridgehead atoms. The molecular formula is C19H20ClNO5S. The highest BCUT2D eigenvalue weighted by molar-refractivity contribution is 7.89. The maximum atomic E-state index is 12.7. The van der Waals surface area contributed by atoms with Gasteiger partial charge in [-0.2, -0.15) is 4.31 Å². The van der Waals surface area contributed by atoms with E-state index in [4.69, 9.17) is 16.3 Å². The number of benzene rings is 2. The second-order valence-corrected chi connectivity index (χ2v) is 8.70. The minimum Gasteiger partial charge on any atom is -0.478 e. The molecule has 144 valence electrons. The number of carbonyl (C=O) groups is 1. The fourth-order valence-corrected chi connectivity index (χ4v) is 4.62. The Morgan fingerprint density at radius 3 is 2.15 bits per heavy atom. The van der Waals surface area contributed by atoms with Crippen molar-refractivity contribution in [1.82, 2.24) is 4.31 Å². The topological polar surface area (TPSA) is 83.9 Å². The Hall–Kier alpha value is -2.09. The zero-order chi connectivity index (χ0) is 19.4. The van der Waals surface area contributed by atoms with Crippen molar-refractivity contribution in [3.63, 3.8) is 0 Å². The van der Waals surface area contributed by atoms with E-state index in [2.05, 4.69) is 0 Å². The fourth-order valence-electron chi connectivity index (χ4n) is 2.98. The van der Waals surface area contributed by atoms with Crippen LogP contribution in [0.4, 0.5) is 0 Å². The second-order valence-electron chi connectivity index (χ2n) is 6.32. The number of rotatable bonds is 6. The number of nitrogens with zero attached hydrogens (tertiary/aromatic N) is 1. The van der Waals surface area contributed by atoms with Crippen molar-refractivity contribution in [2.24, 2.45) is 0 Å². The first-order chi connectivity index (χ1) is 12.9. The molecule has 8 heteroatoms. The summed E-state index contributed by atoms with van der Waals surface area (Å²) in [6.45, 7) is 1.03. The van der Waals surface area contributed by atoms with Crippen LogP contribution < -0.4 is 4.74 Å². The molecule has 1 aliphatic heterocycles. The van der Waals surface area contributed by atoms with Gasteiger partial charge in [-0.25, -0.2) is 13.2 Å². The molecule has 1 fully saturated rings. The molecular weight excluding hydrogens is 390 g/mol. The van der Waals surface area contributed by atoms with Gasteiger partial charge in [-0.1, -0.05) is 30.2 Å². The van der Waals surface area contributed by atoms with Crippen LogP contribution in [0.25, 0.3) is 0 Å². The Balaban J connectivity index is 1.81. The van der Waals surface area contributed by atoms with Crippen molar-refractivity contribution in [1.29, 1.82) is 0 Å². The van der Waals surface area contributed by atoms with Gasteiger partial charge in [0.2, 0.25) is 16.1 Å². The third-order valence-electron chi connectivity index (χ3n) is 4.43. The molecule has 1 heterocycles. The lowest BCUT2D eigenvalue weighted by molar-refractivity contribution is -0.145. The minimum absolute atomic E-state index is 0.156. The number of piperidine rings is 1. The van der Waals surface area contributed by atoms with E-state index in [-0.39, 0.29) is 4.90 Å². The molecule has 27 heavy (non-hydrogen) atoms. The van der Waals surface area contributed by atoms with E-state index in [1.54, 1.807) is 24.3 Å². The van der Waals surface area contributed by atoms with Crippen LogP contribution in [0.3, 0.4) is 0 Å². The van der Waals surface area contributed by atoms with Crippen LogP contribution in [-0.2, 0) is 14.8 Å². The number of aliphatic carboxylic acids is 1. The Labute approximate surface area is 163 Å². The highest BCUT2D eigenvalue weighted by Crippen LogP contribution is 2.26. The summed E-state index contributed by atoms with van der Waals surface area (Å²) >= 11 is 5.82. The van der Waals surface area contributed by atoms with E-state index >= 15 is 0 Å². The van der Waals surface area contributed by atoms with Gasteiger partial charge in [0.05, 0.1) is 4.90 Å². The maximum absolute atomic E-state index is 12.7. The van der Waals surface area contributed by atoms with Crippen molar-refractivity contribution in [3.05, 3.63) is 59.1 Å². The Kier molecular flexibility index (Phi) is 6.04. The third-order valence-corrected chi connectivity index (χ3v) is 6.59. The molecule has 1 saturated heterocycles. The number of carboxylic acids is 1. The molecule has 0 spiro atoms. The number of hydrogen-bond donors (Lipinski definition) is 1. The Morgan fingerprint density at radius 2 is 1.59 bits per heavy atom. The quantitative estimate of drug-likeness (QED) is 0.786. The molecule has 0 radical (unpaired) electrons. The van der Waals surface area contributed by atoms with Gasteiger partial charge in [-0.3, -0.25) is 0 Å². The third kappa shape index (κ3) is 4.61. The normalized spacial score (nSPS) is 16.6. The summed E-state index contributed by atoms with van der Waals surface area (Å²) in [5, 5.41) is 10.0. The van der Waals surface area contributed by atoms with Crippen LogP contribution in [0.1, 0.15) is 30.9 Å². The highest BCUT2D eigenvalue weighted by Gasteiger charge is 2.27. The summed E-state index contributed by atoms with van der Waals surface area (Å²) < 4.78 is 32.4. The van der Waals surface area contributed by atoms with Crippen molar-refractivity contribution >= 4 is 27.6 Å². The Bertz CT molecular complexity index is 891. The van der Waals surface area contributed by atoms with Crippen molar-refractivity contribution in [2.45, 2.75) is 30.3 Å². The van der Waals surface area contributed by atoms with Crippen LogP contribution in [-0.4, -0.2) is 36.9 Å². The van der Waals surface area contributed by atoms with Crippen LogP contribution in [0.15, 0.2) is 53.4 Å². The number of sulfonamides is 1. The first-order valence-electron chi connectivity index (χ1n) is 8.63. The molecule has 1 N–H and O–H groups in total. The van der Waals surface area contributed by atoms with Crippen molar-refractivity contribution in [2.75, 3.05) is 13.1 Å². The monoisotopic (exact) mass is 409 g/mol. The molecule has 0 aromatic heterocycles. The van der Waals surface area contributed by atoms with Crippen LogP contribution in [0.2, 0.25) is 5.02 Å². The minimum atomic E-state index is -3.56. The summed E-state index contributed by atoms with van der Waals surface area (Å²) in [5.74, 6) is -0.812. The molecule has 2 aromatic rings. The average molecular weight is 410 g/mol. The number of ether oxygens (including phenoxy) is 1. The zero-order valence-corrected chi connectivity index (χ0v) is 16.1. The van der Waals surface area contributed by atoms with Gasteiger partial charge < -0.3 is 9.84 Å². The van der Waals surface area contributed by atoms with Gasteiger partial charge in [0.25, 0.3) is 0 Å². The SMILES string of the molecule is O=C(O)C(Oc1ccc(Cl)cc1)c1ccc(S(=O)(=O)N2CCCCC2)cc1. The number of halogens is 1. The van der Waals surface area contributed by atoms with E-state index in [0.717, 1.165) is 19.3 Å². The first-order valence-corrected chi connectivity index (χ1v) is 10.4. The van der Waals surface area contributed by atoms with Crippen molar-refractivity contribution < 1.29 is 23.1 Å². The molecule has 1 unspecified atom stereocenters. The molecule has 1 atom stereocenters. The molecule has 2 aromatic carbocycles. The zero-order valence-electron chi connectivity index (χ0n) is 14.5. The smallest absolute Gasteiger partial charge is 0.349 e. The molecule has 0 amide bonds. The maximum Gasteiger partial charge on any atom is 0.349 e. The predicted octanol–water partition coefficient (Wildman–Crippen LogP) is 3.72. The lowest BCUT2D eigenvalue weighted by atomic mass is 10.1. The predicted molar refractivity (Wildman–Crippen MR) is 102 cm³/mol. The second kappa shape index (κ2) is 8.29. The number of carboxylic acid groups (broad SMARTS) is 1. The average Bonchev–Trinajstić information content (AvgIpc) is 2.68. The molecule has 0 saturated carbocycles. The summed E-state index contributed by atoms with van der Waals surface area (Å²) in [6.07, 6.45) is 1.49. The molecule has 0 aliphatic carbocycles. The molecule has 1 aliphatic rings. The molecule has 3 rings (SSSR count). The molecule has 6 nitrogen and oxygen atoms in total. The van der Waals surface area contributed by atoms with Crippen LogP contribution in [0, 0.1) is 0 Å². The van der Waals surface area contributed by atoms with Gasteiger partial charge in [0.15, 0.2) is 0 Å².